The van der Waals surface area contributed by atoms with Crippen LogP contribution in [-0.2, 0) is 9.59 Å². The first-order valence-electron chi connectivity index (χ1n) is 6.21. The van der Waals surface area contributed by atoms with Gasteiger partial charge in [-0.2, -0.15) is 0 Å². The molecule has 1 aromatic carbocycles. The Morgan fingerprint density at radius 1 is 1.24 bits per heavy atom. The van der Waals surface area contributed by atoms with E-state index in [1.165, 1.54) is 36.2 Å². The molecule has 0 fully saturated rings. The van der Waals surface area contributed by atoms with E-state index in [2.05, 4.69) is 5.32 Å². The molecule has 1 aromatic rings. The second-order valence-electron chi connectivity index (χ2n) is 4.43. The summed E-state index contributed by atoms with van der Waals surface area (Å²) < 4.78 is 0. The number of phenols is 2. The van der Waals surface area contributed by atoms with Crippen molar-refractivity contribution in [1.82, 2.24) is 10.2 Å². The molecule has 0 spiro atoms. The van der Waals surface area contributed by atoms with Crippen molar-refractivity contribution >= 4 is 17.9 Å². The smallest absolute Gasteiger partial charge is 0.258 e. The number of nitrogens with one attached hydrogen (secondary N) is 1. The molecule has 0 unspecified atom stereocenters. The number of hydrogen-bond acceptors (Lipinski definition) is 4. The summed E-state index contributed by atoms with van der Waals surface area (Å²) in [6, 6.07) is 4.52. The second kappa shape index (κ2) is 7.14. The van der Waals surface area contributed by atoms with Gasteiger partial charge in [-0.25, -0.2) is 0 Å². The first kappa shape index (κ1) is 16.3. The molecule has 0 aliphatic rings. The fraction of sp³-hybridized carbons (Fsp3) is 0.200. The molecule has 0 aliphatic heterocycles. The molecule has 0 radical (unpaired) electrons. The molecule has 2 amide bonds. The summed E-state index contributed by atoms with van der Waals surface area (Å²) in [6.45, 7) is 0. The van der Waals surface area contributed by atoms with Crippen LogP contribution in [0.5, 0.6) is 11.5 Å². The molecule has 0 saturated heterocycles. The first-order chi connectivity index (χ1) is 9.88. The van der Waals surface area contributed by atoms with Gasteiger partial charge in [0.25, 0.3) is 11.8 Å². The van der Waals surface area contributed by atoms with E-state index in [-0.39, 0.29) is 17.1 Å². The summed E-state index contributed by atoms with van der Waals surface area (Å²) in [7, 11) is 4.53. The number of amides is 2. The molecular formula is C15H18N2O4. The van der Waals surface area contributed by atoms with Crippen LogP contribution in [-0.4, -0.2) is 48.1 Å². The van der Waals surface area contributed by atoms with Gasteiger partial charge in [0, 0.05) is 26.7 Å². The summed E-state index contributed by atoms with van der Waals surface area (Å²) in [5.74, 6) is -1.43. The summed E-state index contributed by atoms with van der Waals surface area (Å²) in [5.41, 5.74) is 0.346. The Morgan fingerprint density at radius 2 is 1.90 bits per heavy atom. The predicted octanol–water partition coefficient (Wildman–Crippen LogP) is 0.872. The van der Waals surface area contributed by atoms with Crippen LogP contribution in [0, 0.1) is 0 Å². The number of para-hydroxylation sites is 1. The fourth-order valence-electron chi connectivity index (χ4n) is 1.55. The molecule has 3 N–H and O–H groups in total. The molecule has 1 rings (SSSR count). The number of carbonyl (C=O) groups excluding carboxylic acids is 2. The number of benzene rings is 1. The van der Waals surface area contributed by atoms with E-state index in [0.29, 0.717) is 5.56 Å². The van der Waals surface area contributed by atoms with E-state index in [1.807, 2.05) is 0 Å². The maximum absolute atomic E-state index is 11.9. The van der Waals surface area contributed by atoms with Crippen molar-refractivity contribution in [2.45, 2.75) is 0 Å². The van der Waals surface area contributed by atoms with Gasteiger partial charge in [0.15, 0.2) is 11.5 Å². The zero-order valence-corrected chi connectivity index (χ0v) is 12.1. The maximum atomic E-state index is 11.9. The minimum Gasteiger partial charge on any atom is -0.504 e. The zero-order chi connectivity index (χ0) is 16.0. The van der Waals surface area contributed by atoms with Gasteiger partial charge in [0.2, 0.25) is 0 Å². The van der Waals surface area contributed by atoms with Gasteiger partial charge in [-0.15, -0.1) is 0 Å². The number of phenolic OH excluding ortho intramolecular Hbond substituents is 2. The van der Waals surface area contributed by atoms with E-state index in [9.17, 15) is 19.8 Å². The number of nitrogens with zero attached hydrogens (tertiary/aromatic N) is 1. The monoisotopic (exact) mass is 290 g/mol. The molecule has 0 bridgehead atoms. The molecule has 0 aliphatic carbocycles. The Kier molecular flexibility index (Phi) is 5.54. The number of likely N-dealkylation sites (N-methyl/N-ethyl adjacent to an activating group) is 2. The van der Waals surface area contributed by atoms with Gasteiger partial charge >= 0.3 is 0 Å². The third-order valence-electron chi connectivity index (χ3n) is 2.69. The lowest BCUT2D eigenvalue weighted by Crippen LogP contribution is -2.32. The Balaban J connectivity index is 3.07. The van der Waals surface area contributed by atoms with Crippen molar-refractivity contribution in [3.63, 3.8) is 0 Å². The van der Waals surface area contributed by atoms with Crippen LogP contribution >= 0.6 is 0 Å². The largest absolute Gasteiger partial charge is 0.504 e. The van der Waals surface area contributed by atoms with Crippen LogP contribution in [0.4, 0.5) is 0 Å². The van der Waals surface area contributed by atoms with Gasteiger partial charge in [-0.05, 0) is 12.1 Å². The number of allylic oxidation sites excluding steroid dienone is 2. The number of carbonyl (C=O) groups is 2. The van der Waals surface area contributed by atoms with Gasteiger partial charge in [0.1, 0.15) is 5.57 Å². The lowest BCUT2D eigenvalue weighted by atomic mass is 10.1. The van der Waals surface area contributed by atoms with Crippen LogP contribution in [0.3, 0.4) is 0 Å². The average Bonchev–Trinajstić information content (AvgIpc) is 2.46. The van der Waals surface area contributed by atoms with Crippen molar-refractivity contribution in [2.75, 3.05) is 21.1 Å². The predicted molar refractivity (Wildman–Crippen MR) is 79.6 cm³/mol. The van der Waals surface area contributed by atoms with Crippen LogP contribution in [0.2, 0.25) is 0 Å². The third kappa shape index (κ3) is 4.10. The molecule has 0 atom stereocenters. The topological polar surface area (TPSA) is 89.9 Å². The van der Waals surface area contributed by atoms with Crippen LogP contribution in [0.25, 0.3) is 6.08 Å². The first-order valence-corrected chi connectivity index (χ1v) is 6.21. The SMILES string of the molecule is CNC(=O)/C(=C\C=C\c1cccc(O)c1O)C(=O)N(C)C. The highest BCUT2D eigenvalue weighted by Gasteiger charge is 2.17. The summed E-state index contributed by atoms with van der Waals surface area (Å²) in [6.07, 6.45) is 4.30. The molecule has 6 heteroatoms. The Bertz CT molecular complexity index is 604. The fourth-order valence-corrected chi connectivity index (χ4v) is 1.55. The average molecular weight is 290 g/mol. The highest BCUT2D eigenvalue weighted by Crippen LogP contribution is 2.28. The maximum Gasteiger partial charge on any atom is 0.258 e. The van der Waals surface area contributed by atoms with E-state index in [0.717, 1.165) is 0 Å². The Hall–Kier alpha value is -2.76. The lowest BCUT2D eigenvalue weighted by molar-refractivity contribution is -0.128. The van der Waals surface area contributed by atoms with E-state index < -0.39 is 11.8 Å². The summed E-state index contributed by atoms with van der Waals surface area (Å²) in [4.78, 5) is 24.8. The standard InChI is InChI=1S/C15H18N2O4/c1-16-14(20)11(15(21)17(2)3)8-4-6-10-7-5-9-12(18)13(10)19/h4-9,18-19H,1-3H3,(H,16,20)/b6-4+,11-8+. The summed E-state index contributed by atoms with van der Waals surface area (Å²) in [5, 5.41) is 21.4. The molecule has 0 aromatic heterocycles. The highest BCUT2D eigenvalue weighted by molar-refractivity contribution is 6.18. The second-order valence-corrected chi connectivity index (χ2v) is 4.43. The third-order valence-corrected chi connectivity index (χ3v) is 2.69. The van der Waals surface area contributed by atoms with Gasteiger partial charge < -0.3 is 20.4 Å². The molecular weight excluding hydrogens is 272 g/mol. The van der Waals surface area contributed by atoms with Crippen molar-refractivity contribution in [1.29, 1.82) is 0 Å². The van der Waals surface area contributed by atoms with Crippen LogP contribution in [0.15, 0.2) is 35.9 Å². The molecule has 112 valence electrons. The molecule has 21 heavy (non-hydrogen) atoms. The quantitative estimate of drug-likeness (QED) is 0.252. The van der Waals surface area contributed by atoms with Crippen molar-refractivity contribution in [2.24, 2.45) is 0 Å². The number of aromatic hydroxyl groups is 2. The van der Waals surface area contributed by atoms with E-state index in [1.54, 1.807) is 26.2 Å². The van der Waals surface area contributed by atoms with Crippen molar-refractivity contribution in [3.05, 3.63) is 41.5 Å². The number of rotatable bonds is 4. The van der Waals surface area contributed by atoms with E-state index >= 15 is 0 Å². The van der Waals surface area contributed by atoms with Crippen LogP contribution < -0.4 is 5.32 Å². The van der Waals surface area contributed by atoms with Crippen molar-refractivity contribution < 1.29 is 19.8 Å². The molecule has 6 nitrogen and oxygen atoms in total. The number of hydrogen-bond donors (Lipinski definition) is 3. The van der Waals surface area contributed by atoms with Gasteiger partial charge in [-0.3, -0.25) is 9.59 Å². The molecule has 0 heterocycles. The van der Waals surface area contributed by atoms with E-state index in [4.69, 9.17) is 0 Å². The molecule has 0 saturated carbocycles. The normalized spacial score (nSPS) is 11.5. The Labute approximate surface area is 123 Å². The zero-order valence-electron chi connectivity index (χ0n) is 12.1. The van der Waals surface area contributed by atoms with Gasteiger partial charge in [0.05, 0.1) is 0 Å². The van der Waals surface area contributed by atoms with Crippen LogP contribution in [0.1, 0.15) is 5.56 Å². The van der Waals surface area contributed by atoms with Gasteiger partial charge in [-0.1, -0.05) is 24.3 Å². The highest BCUT2D eigenvalue weighted by atomic mass is 16.3. The lowest BCUT2D eigenvalue weighted by Gasteiger charge is -2.11. The minimum atomic E-state index is -0.501. The Morgan fingerprint density at radius 3 is 2.48 bits per heavy atom. The summed E-state index contributed by atoms with van der Waals surface area (Å²) >= 11 is 0. The van der Waals surface area contributed by atoms with Crippen molar-refractivity contribution in [3.8, 4) is 11.5 Å². The minimum absolute atomic E-state index is 0.0293.